The van der Waals surface area contributed by atoms with Crippen molar-refractivity contribution in [2.24, 2.45) is 5.92 Å². The van der Waals surface area contributed by atoms with Crippen molar-refractivity contribution in [3.63, 3.8) is 0 Å². The maximum Gasteiger partial charge on any atom is 0.410 e. The molecule has 0 saturated carbocycles. The molecule has 1 aliphatic rings. The van der Waals surface area contributed by atoms with Crippen LogP contribution in [0.4, 0.5) is 4.79 Å². The highest BCUT2D eigenvalue weighted by atomic mass is 35.5. The Kier molecular flexibility index (Phi) is 6.75. The van der Waals surface area contributed by atoms with E-state index in [9.17, 15) is 4.79 Å². The minimum atomic E-state index is -0.444. The highest BCUT2D eigenvalue weighted by Crippen LogP contribution is 2.22. The Morgan fingerprint density at radius 2 is 2.16 bits per heavy atom. The molecule has 0 aliphatic carbocycles. The third-order valence-corrected chi connectivity index (χ3v) is 4.97. The van der Waals surface area contributed by atoms with Gasteiger partial charge in [0.1, 0.15) is 5.60 Å². The van der Waals surface area contributed by atoms with Gasteiger partial charge >= 0.3 is 6.09 Å². The van der Waals surface area contributed by atoms with Gasteiger partial charge in [0, 0.05) is 30.7 Å². The van der Waals surface area contributed by atoms with E-state index in [1.165, 1.54) is 11.1 Å². The number of hydrogen-bond acceptors (Lipinski definition) is 3. The minimum Gasteiger partial charge on any atom is -0.444 e. The number of hydrogen-bond donors (Lipinski definition) is 1. The Hall–Kier alpha value is -1.26. The standard InChI is InChI=1S/C20H31ClN2O2/c1-14-11-18(21)9-8-16(14)12-22-15(2)17-7-6-10-23(13-17)19(24)25-20(3,4)5/h8-9,11,15,17,22H,6-7,10,12-13H2,1-5H3. The molecule has 0 bridgehead atoms. The van der Waals surface area contributed by atoms with Crippen LogP contribution in [-0.4, -0.2) is 35.7 Å². The second-order valence-electron chi connectivity index (χ2n) is 8.07. The zero-order valence-corrected chi connectivity index (χ0v) is 16.8. The topological polar surface area (TPSA) is 41.6 Å². The fourth-order valence-corrected chi connectivity index (χ4v) is 3.43. The molecule has 4 nitrogen and oxygen atoms in total. The molecular weight excluding hydrogens is 336 g/mol. The van der Waals surface area contributed by atoms with E-state index in [4.69, 9.17) is 16.3 Å². The molecule has 2 atom stereocenters. The molecule has 0 spiro atoms. The summed E-state index contributed by atoms with van der Waals surface area (Å²) < 4.78 is 5.52. The van der Waals surface area contributed by atoms with Crippen LogP contribution in [0.25, 0.3) is 0 Å². The molecule has 0 aromatic heterocycles. The number of likely N-dealkylation sites (tertiary alicyclic amines) is 1. The molecule has 1 saturated heterocycles. The molecule has 2 rings (SSSR count). The van der Waals surface area contributed by atoms with Crippen LogP contribution in [0.2, 0.25) is 5.02 Å². The predicted octanol–water partition coefficient (Wildman–Crippen LogP) is 4.77. The number of carbonyl (C=O) groups excluding carboxylic acids is 1. The lowest BCUT2D eigenvalue weighted by molar-refractivity contribution is 0.0148. The summed E-state index contributed by atoms with van der Waals surface area (Å²) in [4.78, 5) is 14.2. The zero-order chi connectivity index (χ0) is 18.6. The van der Waals surface area contributed by atoms with Gasteiger partial charge in [-0.3, -0.25) is 0 Å². The summed E-state index contributed by atoms with van der Waals surface area (Å²) in [7, 11) is 0. The number of benzene rings is 1. The molecule has 5 heteroatoms. The fourth-order valence-electron chi connectivity index (χ4n) is 3.21. The van der Waals surface area contributed by atoms with E-state index >= 15 is 0 Å². The van der Waals surface area contributed by atoms with Crippen LogP contribution < -0.4 is 5.32 Å². The summed E-state index contributed by atoms with van der Waals surface area (Å²) in [5.41, 5.74) is 2.02. The molecule has 1 heterocycles. The number of carbonyl (C=O) groups is 1. The van der Waals surface area contributed by atoms with Crippen LogP contribution in [0.1, 0.15) is 51.7 Å². The molecule has 1 fully saturated rings. The van der Waals surface area contributed by atoms with Crippen molar-refractivity contribution in [1.29, 1.82) is 0 Å². The number of amides is 1. The minimum absolute atomic E-state index is 0.196. The van der Waals surface area contributed by atoms with Crippen LogP contribution in [0.3, 0.4) is 0 Å². The van der Waals surface area contributed by atoms with Crippen molar-refractivity contribution in [3.05, 3.63) is 34.3 Å². The number of nitrogens with one attached hydrogen (secondary N) is 1. The molecule has 140 valence electrons. The normalized spacial score (nSPS) is 19.6. The third-order valence-electron chi connectivity index (χ3n) is 4.74. The van der Waals surface area contributed by atoms with Gasteiger partial charge in [-0.25, -0.2) is 4.79 Å². The van der Waals surface area contributed by atoms with Crippen molar-refractivity contribution in [1.82, 2.24) is 10.2 Å². The van der Waals surface area contributed by atoms with Crippen molar-refractivity contribution >= 4 is 17.7 Å². The highest BCUT2D eigenvalue weighted by Gasteiger charge is 2.30. The van der Waals surface area contributed by atoms with Gasteiger partial charge in [0.05, 0.1) is 0 Å². The van der Waals surface area contributed by atoms with Crippen LogP contribution in [-0.2, 0) is 11.3 Å². The van der Waals surface area contributed by atoms with Crippen LogP contribution in [0, 0.1) is 12.8 Å². The van der Waals surface area contributed by atoms with Gasteiger partial charge in [0.25, 0.3) is 0 Å². The number of nitrogens with zero attached hydrogens (tertiary/aromatic N) is 1. The smallest absolute Gasteiger partial charge is 0.410 e. The number of aryl methyl sites for hydroxylation is 1. The first-order chi connectivity index (χ1) is 11.7. The summed E-state index contributed by atoms with van der Waals surface area (Å²) in [6.45, 7) is 12.4. The SMILES string of the molecule is Cc1cc(Cl)ccc1CNC(C)C1CCCN(C(=O)OC(C)(C)C)C1. The first kappa shape index (κ1) is 20.1. The number of ether oxygens (including phenoxy) is 1. The molecule has 2 unspecified atom stereocenters. The summed E-state index contributed by atoms with van der Waals surface area (Å²) in [6, 6.07) is 6.33. The summed E-state index contributed by atoms with van der Waals surface area (Å²) >= 11 is 6.02. The van der Waals surface area contributed by atoms with Gasteiger partial charge in [-0.15, -0.1) is 0 Å². The second-order valence-corrected chi connectivity index (χ2v) is 8.51. The molecular formula is C20H31ClN2O2. The van der Waals surface area contributed by atoms with Crippen LogP contribution >= 0.6 is 11.6 Å². The number of rotatable bonds is 4. The summed E-state index contributed by atoms with van der Waals surface area (Å²) in [5, 5.41) is 4.39. The average molecular weight is 367 g/mol. The lowest BCUT2D eigenvalue weighted by Gasteiger charge is -2.37. The largest absolute Gasteiger partial charge is 0.444 e. The molecule has 1 aliphatic heterocycles. The van der Waals surface area contributed by atoms with Crippen molar-refractivity contribution in [3.8, 4) is 0 Å². The Bertz CT molecular complexity index is 598. The first-order valence-corrected chi connectivity index (χ1v) is 9.50. The van der Waals surface area contributed by atoms with E-state index in [1.807, 2.05) is 37.8 Å². The summed E-state index contributed by atoms with van der Waals surface area (Å²) in [5.74, 6) is 0.439. The maximum atomic E-state index is 12.3. The lowest BCUT2D eigenvalue weighted by Crippen LogP contribution is -2.47. The monoisotopic (exact) mass is 366 g/mol. The Morgan fingerprint density at radius 3 is 2.80 bits per heavy atom. The molecule has 25 heavy (non-hydrogen) atoms. The van der Waals surface area contributed by atoms with Gasteiger partial charge < -0.3 is 15.0 Å². The van der Waals surface area contributed by atoms with Gasteiger partial charge in [-0.1, -0.05) is 17.7 Å². The average Bonchev–Trinajstić information content (AvgIpc) is 2.52. The predicted molar refractivity (Wildman–Crippen MR) is 103 cm³/mol. The number of halogens is 1. The van der Waals surface area contributed by atoms with Crippen LogP contribution in [0.15, 0.2) is 18.2 Å². The van der Waals surface area contributed by atoms with E-state index in [0.717, 1.165) is 37.5 Å². The van der Waals surface area contributed by atoms with E-state index in [-0.39, 0.29) is 6.09 Å². The Balaban J connectivity index is 1.88. The molecule has 1 aromatic carbocycles. The summed E-state index contributed by atoms with van der Waals surface area (Å²) in [6.07, 6.45) is 1.96. The number of piperidine rings is 1. The van der Waals surface area contributed by atoms with Gasteiger partial charge in [0.15, 0.2) is 0 Å². The third kappa shape index (κ3) is 6.19. The van der Waals surface area contributed by atoms with E-state index in [0.29, 0.717) is 12.0 Å². The van der Waals surface area contributed by atoms with Crippen molar-refractivity contribution in [2.45, 2.75) is 65.6 Å². The Labute approximate surface area is 156 Å². The van der Waals surface area contributed by atoms with Crippen molar-refractivity contribution in [2.75, 3.05) is 13.1 Å². The first-order valence-electron chi connectivity index (χ1n) is 9.12. The van der Waals surface area contributed by atoms with E-state index in [2.05, 4.69) is 25.2 Å². The van der Waals surface area contributed by atoms with E-state index < -0.39 is 5.60 Å². The quantitative estimate of drug-likeness (QED) is 0.834. The highest BCUT2D eigenvalue weighted by molar-refractivity contribution is 6.30. The van der Waals surface area contributed by atoms with Gasteiger partial charge in [0.2, 0.25) is 0 Å². The molecule has 1 N–H and O–H groups in total. The molecule has 1 amide bonds. The van der Waals surface area contributed by atoms with Gasteiger partial charge in [-0.05, 0) is 76.6 Å². The van der Waals surface area contributed by atoms with Crippen molar-refractivity contribution < 1.29 is 9.53 Å². The van der Waals surface area contributed by atoms with E-state index in [1.54, 1.807) is 0 Å². The fraction of sp³-hybridized carbons (Fsp3) is 0.650. The molecule has 1 aromatic rings. The zero-order valence-electron chi connectivity index (χ0n) is 16.1. The Morgan fingerprint density at radius 1 is 1.44 bits per heavy atom. The molecule has 0 radical (unpaired) electrons. The van der Waals surface area contributed by atoms with Gasteiger partial charge in [-0.2, -0.15) is 0 Å². The maximum absolute atomic E-state index is 12.3. The second kappa shape index (κ2) is 8.41. The lowest BCUT2D eigenvalue weighted by atomic mass is 9.91. The van der Waals surface area contributed by atoms with Crippen LogP contribution in [0.5, 0.6) is 0 Å².